The van der Waals surface area contributed by atoms with Crippen LogP contribution in [0.2, 0.25) is 0 Å². The molecule has 0 spiro atoms. The molecule has 0 saturated heterocycles. The number of carbonyl (C=O) groups is 1. The summed E-state index contributed by atoms with van der Waals surface area (Å²) >= 11 is 1.50. The number of thiophene rings is 1. The van der Waals surface area contributed by atoms with Gasteiger partial charge in [0.1, 0.15) is 6.07 Å². The number of hydrogen-bond donors (Lipinski definition) is 1. The number of aliphatic carboxylic acids is 1. The number of rotatable bonds is 3. The molecule has 1 aromatic rings. The number of nitriles is 1. The van der Waals surface area contributed by atoms with Crippen LogP contribution in [0.4, 0.5) is 0 Å². The molecule has 1 N–H and O–H groups in total. The Balaban J connectivity index is 2.27. The average Bonchev–Trinajstić information content (AvgIpc) is 2.69. The fourth-order valence-electron chi connectivity index (χ4n) is 2.25. The summed E-state index contributed by atoms with van der Waals surface area (Å²) < 4.78 is 0. The third-order valence-electron chi connectivity index (χ3n) is 3.43. The standard InChI is InChI=1S/C13H13NO2S/c1-13(2)9(11(13)12(15)16)6-8(7-14)10-4-3-5-17-10/h3-6,9,11H,1-2H3,(H,15,16)/t9-,11+/m0/s1. The van der Waals surface area contributed by atoms with Crippen molar-refractivity contribution in [2.24, 2.45) is 17.3 Å². The van der Waals surface area contributed by atoms with Gasteiger partial charge >= 0.3 is 5.97 Å². The summed E-state index contributed by atoms with van der Waals surface area (Å²) in [5.74, 6) is -1.19. The highest BCUT2D eigenvalue weighted by Crippen LogP contribution is 2.59. The van der Waals surface area contributed by atoms with E-state index >= 15 is 0 Å². The summed E-state index contributed by atoms with van der Waals surface area (Å²) in [6, 6.07) is 5.92. The van der Waals surface area contributed by atoms with E-state index in [1.807, 2.05) is 37.4 Å². The van der Waals surface area contributed by atoms with Crippen molar-refractivity contribution in [2.75, 3.05) is 0 Å². The van der Waals surface area contributed by atoms with Crippen molar-refractivity contribution >= 4 is 22.9 Å². The van der Waals surface area contributed by atoms with Gasteiger partial charge < -0.3 is 5.11 Å². The van der Waals surface area contributed by atoms with Crippen molar-refractivity contribution in [1.82, 2.24) is 0 Å². The van der Waals surface area contributed by atoms with E-state index in [2.05, 4.69) is 6.07 Å². The van der Waals surface area contributed by atoms with Crippen LogP contribution in [-0.4, -0.2) is 11.1 Å². The number of carboxylic acids is 1. The van der Waals surface area contributed by atoms with Crippen LogP contribution >= 0.6 is 11.3 Å². The van der Waals surface area contributed by atoms with Gasteiger partial charge in [0.2, 0.25) is 0 Å². The maximum absolute atomic E-state index is 11.0. The molecule has 0 aromatic carbocycles. The summed E-state index contributed by atoms with van der Waals surface area (Å²) in [6.45, 7) is 3.85. The molecule has 1 fully saturated rings. The third kappa shape index (κ3) is 1.98. The smallest absolute Gasteiger partial charge is 0.307 e. The number of hydrogen-bond acceptors (Lipinski definition) is 3. The number of nitrogens with zero attached hydrogens (tertiary/aromatic N) is 1. The van der Waals surface area contributed by atoms with E-state index in [-0.39, 0.29) is 17.3 Å². The van der Waals surface area contributed by atoms with Crippen molar-refractivity contribution in [3.63, 3.8) is 0 Å². The van der Waals surface area contributed by atoms with Crippen molar-refractivity contribution in [3.05, 3.63) is 28.5 Å². The lowest BCUT2D eigenvalue weighted by Gasteiger charge is -1.97. The Morgan fingerprint density at radius 2 is 2.35 bits per heavy atom. The second-order valence-electron chi connectivity index (χ2n) is 4.83. The average molecular weight is 247 g/mol. The normalized spacial score (nSPS) is 26.3. The molecule has 3 nitrogen and oxygen atoms in total. The SMILES string of the molecule is CC1(C)[C@@H](C=C(C#N)c2cccs2)[C@@H]1C(=O)O. The highest BCUT2D eigenvalue weighted by Gasteiger charge is 2.61. The molecular formula is C13H13NO2S. The van der Waals surface area contributed by atoms with Crippen LogP contribution in [0.15, 0.2) is 23.6 Å². The first-order valence-corrected chi connectivity index (χ1v) is 6.25. The fourth-order valence-corrected chi connectivity index (χ4v) is 2.95. The molecule has 0 unspecified atom stereocenters. The van der Waals surface area contributed by atoms with Crippen LogP contribution in [0.5, 0.6) is 0 Å². The van der Waals surface area contributed by atoms with Crippen LogP contribution in [-0.2, 0) is 4.79 Å². The largest absolute Gasteiger partial charge is 0.481 e. The van der Waals surface area contributed by atoms with Crippen LogP contribution in [0.1, 0.15) is 18.7 Å². The molecule has 0 amide bonds. The summed E-state index contributed by atoms with van der Waals surface area (Å²) in [4.78, 5) is 11.9. The van der Waals surface area contributed by atoms with Gasteiger partial charge in [-0.15, -0.1) is 11.3 Å². The zero-order chi connectivity index (χ0) is 12.6. The van der Waals surface area contributed by atoms with Gasteiger partial charge in [-0.3, -0.25) is 4.79 Å². The zero-order valence-corrected chi connectivity index (χ0v) is 10.5. The van der Waals surface area contributed by atoms with Crippen LogP contribution < -0.4 is 0 Å². The Hall–Kier alpha value is -1.60. The van der Waals surface area contributed by atoms with E-state index in [4.69, 9.17) is 10.4 Å². The molecule has 2 atom stereocenters. The monoisotopic (exact) mass is 247 g/mol. The van der Waals surface area contributed by atoms with E-state index in [0.717, 1.165) is 4.88 Å². The van der Waals surface area contributed by atoms with E-state index < -0.39 is 5.97 Å². The molecule has 0 aliphatic heterocycles. The predicted molar refractivity (Wildman–Crippen MR) is 66.3 cm³/mol. The summed E-state index contributed by atoms with van der Waals surface area (Å²) in [7, 11) is 0. The van der Waals surface area contributed by atoms with Crippen molar-refractivity contribution in [1.29, 1.82) is 5.26 Å². The van der Waals surface area contributed by atoms with Gasteiger partial charge in [0.25, 0.3) is 0 Å². The van der Waals surface area contributed by atoms with Gasteiger partial charge in [-0.25, -0.2) is 0 Å². The first kappa shape index (κ1) is 11.9. The maximum Gasteiger partial charge on any atom is 0.307 e. The predicted octanol–water partition coefficient (Wildman–Crippen LogP) is 3.01. The highest BCUT2D eigenvalue weighted by atomic mass is 32.1. The minimum atomic E-state index is -0.778. The molecule has 0 bridgehead atoms. The van der Waals surface area contributed by atoms with E-state index in [0.29, 0.717) is 5.57 Å². The quantitative estimate of drug-likeness (QED) is 0.835. The molecule has 1 saturated carbocycles. The molecule has 1 heterocycles. The molecular weight excluding hydrogens is 234 g/mol. The lowest BCUT2D eigenvalue weighted by Crippen LogP contribution is -2.03. The fraction of sp³-hybridized carbons (Fsp3) is 0.385. The summed E-state index contributed by atoms with van der Waals surface area (Å²) in [5.41, 5.74) is 0.340. The van der Waals surface area contributed by atoms with Crippen LogP contribution in [0.25, 0.3) is 5.57 Å². The Kier molecular flexibility index (Phi) is 2.80. The maximum atomic E-state index is 11.0. The molecule has 2 rings (SSSR count). The minimum absolute atomic E-state index is 0.0447. The van der Waals surface area contributed by atoms with Crippen molar-refractivity contribution in [3.8, 4) is 6.07 Å². The highest BCUT2D eigenvalue weighted by molar-refractivity contribution is 7.11. The summed E-state index contributed by atoms with van der Waals surface area (Å²) in [6.07, 6.45) is 1.81. The Labute approximate surface area is 104 Å². The molecule has 0 radical (unpaired) electrons. The topological polar surface area (TPSA) is 61.1 Å². The van der Waals surface area contributed by atoms with Gasteiger partial charge in [0, 0.05) is 4.88 Å². The number of carboxylic acid groups (broad SMARTS) is 1. The van der Waals surface area contributed by atoms with E-state index in [9.17, 15) is 4.79 Å². The Bertz CT molecular complexity index is 508. The van der Waals surface area contributed by atoms with Gasteiger partial charge in [0.15, 0.2) is 0 Å². The lowest BCUT2D eigenvalue weighted by molar-refractivity contribution is -0.139. The van der Waals surface area contributed by atoms with Gasteiger partial charge in [-0.05, 0) is 22.8 Å². The van der Waals surface area contributed by atoms with Gasteiger partial charge in [0.05, 0.1) is 11.5 Å². The van der Waals surface area contributed by atoms with E-state index in [1.54, 1.807) is 0 Å². The van der Waals surface area contributed by atoms with Gasteiger partial charge in [-0.2, -0.15) is 5.26 Å². The molecule has 4 heteroatoms. The molecule has 17 heavy (non-hydrogen) atoms. The molecule has 88 valence electrons. The molecule has 1 aliphatic rings. The third-order valence-corrected chi connectivity index (χ3v) is 4.33. The van der Waals surface area contributed by atoms with Crippen LogP contribution in [0.3, 0.4) is 0 Å². The minimum Gasteiger partial charge on any atom is -0.481 e. The van der Waals surface area contributed by atoms with Crippen molar-refractivity contribution < 1.29 is 9.90 Å². The van der Waals surface area contributed by atoms with Crippen molar-refractivity contribution in [2.45, 2.75) is 13.8 Å². The Morgan fingerprint density at radius 3 is 2.76 bits per heavy atom. The second kappa shape index (κ2) is 4.01. The summed E-state index contributed by atoms with van der Waals surface area (Å²) in [5, 5.41) is 20.1. The first-order chi connectivity index (χ1) is 7.98. The number of allylic oxidation sites excluding steroid dienone is 2. The van der Waals surface area contributed by atoms with E-state index in [1.165, 1.54) is 11.3 Å². The van der Waals surface area contributed by atoms with Crippen LogP contribution in [0, 0.1) is 28.6 Å². The lowest BCUT2D eigenvalue weighted by atomic mass is 10.1. The molecule has 1 aliphatic carbocycles. The van der Waals surface area contributed by atoms with Gasteiger partial charge in [-0.1, -0.05) is 26.0 Å². The molecule has 1 aromatic heterocycles. The Morgan fingerprint density at radius 1 is 1.65 bits per heavy atom. The zero-order valence-electron chi connectivity index (χ0n) is 9.68. The second-order valence-corrected chi connectivity index (χ2v) is 5.78. The first-order valence-electron chi connectivity index (χ1n) is 5.37.